The molecule has 0 radical (unpaired) electrons. The Hall–Kier alpha value is -4.46. The number of amides is 3. The third-order valence-electron chi connectivity index (χ3n) is 4.67. The fraction of sp³-hybridized carbons (Fsp3) is 0. The number of phenols is 1. The number of aromatic hydroxyl groups is 1. The van der Waals surface area contributed by atoms with Crippen LogP contribution in [-0.4, -0.2) is 33.9 Å². The predicted octanol–water partition coefficient (Wildman–Crippen LogP) is 3.14. The molecule has 0 aliphatic carbocycles. The number of aromatic carboxylic acids is 1. The Morgan fingerprint density at radius 1 is 0.800 bits per heavy atom. The van der Waals surface area contributed by atoms with E-state index in [0.29, 0.717) is 16.8 Å². The molecular formula is C22H14N2O6. The molecule has 1 aliphatic rings. The highest BCUT2D eigenvalue weighted by Gasteiger charge is 2.36. The van der Waals surface area contributed by atoms with Gasteiger partial charge in [-0.1, -0.05) is 12.1 Å². The smallest absolute Gasteiger partial charge is 0.335 e. The van der Waals surface area contributed by atoms with Crippen LogP contribution in [0, 0.1) is 0 Å². The zero-order chi connectivity index (χ0) is 21.4. The molecule has 30 heavy (non-hydrogen) atoms. The second kappa shape index (κ2) is 7.17. The van der Waals surface area contributed by atoms with Crippen molar-refractivity contribution in [2.75, 3.05) is 10.2 Å². The number of rotatable bonds is 4. The highest BCUT2D eigenvalue weighted by Crippen LogP contribution is 2.29. The Morgan fingerprint density at radius 3 is 1.93 bits per heavy atom. The molecule has 3 N–H and O–H groups in total. The van der Waals surface area contributed by atoms with Gasteiger partial charge in [0.2, 0.25) is 0 Å². The first-order valence-corrected chi connectivity index (χ1v) is 8.82. The van der Waals surface area contributed by atoms with Crippen LogP contribution in [0.15, 0.2) is 66.7 Å². The average molecular weight is 402 g/mol. The third-order valence-corrected chi connectivity index (χ3v) is 4.67. The highest BCUT2D eigenvalue weighted by molar-refractivity contribution is 6.34. The van der Waals surface area contributed by atoms with Crippen molar-refractivity contribution in [2.45, 2.75) is 0 Å². The Balaban J connectivity index is 1.56. The van der Waals surface area contributed by atoms with Gasteiger partial charge in [-0.3, -0.25) is 14.4 Å². The fourth-order valence-corrected chi connectivity index (χ4v) is 3.15. The zero-order valence-corrected chi connectivity index (χ0v) is 15.3. The number of nitrogens with zero attached hydrogens (tertiary/aromatic N) is 1. The summed E-state index contributed by atoms with van der Waals surface area (Å²) in [5, 5.41) is 21.3. The van der Waals surface area contributed by atoms with E-state index in [2.05, 4.69) is 5.32 Å². The van der Waals surface area contributed by atoms with Crippen LogP contribution >= 0.6 is 0 Å². The second-order valence-corrected chi connectivity index (χ2v) is 6.53. The van der Waals surface area contributed by atoms with E-state index < -0.39 is 23.7 Å². The summed E-state index contributed by atoms with van der Waals surface area (Å²) in [5.41, 5.74) is 0.994. The Bertz CT molecular complexity index is 1180. The van der Waals surface area contributed by atoms with Gasteiger partial charge in [0.25, 0.3) is 17.7 Å². The van der Waals surface area contributed by atoms with Crippen molar-refractivity contribution in [3.8, 4) is 5.75 Å². The van der Waals surface area contributed by atoms with E-state index in [1.165, 1.54) is 36.4 Å². The minimum atomic E-state index is -1.20. The quantitative estimate of drug-likeness (QED) is 0.455. The number of carboxylic acids is 1. The lowest BCUT2D eigenvalue weighted by Crippen LogP contribution is -2.29. The lowest BCUT2D eigenvalue weighted by molar-refractivity contribution is 0.0696. The topological polar surface area (TPSA) is 124 Å². The van der Waals surface area contributed by atoms with Crippen LogP contribution in [0.5, 0.6) is 5.75 Å². The normalized spacial score (nSPS) is 12.6. The average Bonchev–Trinajstić information content (AvgIpc) is 3.00. The molecule has 0 aromatic heterocycles. The van der Waals surface area contributed by atoms with Gasteiger partial charge >= 0.3 is 5.97 Å². The summed E-state index contributed by atoms with van der Waals surface area (Å²) >= 11 is 0. The molecule has 0 spiro atoms. The molecule has 8 nitrogen and oxygen atoms in total. The summed E-state index contributed by atoms with van der Waals surface area (Å²) in [7, 11) is 0. The Kier molecular flexibility index (Phi) is 4.51. The first-order chi connectivity index (χ1) is 14.4. The number of hydrogen-bond acceptors (Lipinski definition) is 5. The minimum absolute atomic E-state index is 0.0516. The van der Waals surface area contributed by atoms with E-state index in [0.717, 1.165) is 11.0 Å². The number of hydrogen-bond donors (Lipinski definition) is 3. The fourth-order valence-electron chi connectivity index (χ4n) is 3.15. The number of carbonyl (C=O) groups is 4. The first-order valence-electron chi connectivity index (χ1n) is 8.82. The number of fused-ring (bicyclic) bond motifs is 1. The van der Waals surface area contributed by atoms with Gasteiger partial charge in [0.15, 0.2) is 0 Å². The van der Waals surface area contributed by atoms with Crippen molar-refractivity contribution >= 4 is 35.1 Å². The molecule has 0 atom stereocenters. The van der Waals surface area contributed by atoms with Crippen LogP contribution in [0.4, 0.5) is 11.4 Å². The van der Waals surface area contributed by atoms with Crippen molar-refractivity contribution in [1.29, 1.82) is 0 Å². The number of phenolic OH excluding ortho intramolecular Hbond substituents is 1. The lowest BCUT2D eigenvalue weighted by Gasteiger charge is -2.14. The van der Waals surface area contributed by atoms with Crippen LogP contribution in [-0.2, 0) is 0 Å². The molecule has 0 fully saturated rings. The lowest BCUT2D eigenvalue weighted by atomic mass is 10.1. The molecule has 3 aromatic carbocycles. The van der Waals surface area contributed by atoms with E-state index >= 15 is 0 Å². The summed E-state index contributed by atoms with van der Waals surface area (Å²) in [4.78, 5) is 49.7. The molecule has 8 heteroatoms. The van der Waals surface area contributed by atoms with Crippen molar-refractivity contribution in [3.05, 3.63) is 89.0 Å². The number of nitrogens with one attached hydrogen (secondary N) is 1. The van der Waals surface area contributed by atoms with Gasteiger partial charge in [-0.2, -0.15) is 0 Å². The zero-order valence-electron chi connectivity index (χ0n) is 15.3. The van der Waals surface area contributed by atoms with E-state index in [1.54, 1.807) is 24.3 Å². The molecule has 3 amide bonds. The maximum Gasteiger partial charge on any atom is 0.335 e. The molecule has 3 aromatic rings. The van der Waals surface area contributed by atoms with Gasteiger partial charge in [-0.05, 0) is 54.6 Å². The van der Waals surface area contributed by atoms with E-state index in [9.17, 15) is 24.3 Å². The predicted molar refractivity (Wildman–Crippen MR) is 107 cm³/mol. The SMILES string of the molecule is O=C(O)c1ccc(O)c(NC(=O)c2ccc(N3C(=O)c4ccccc4C3=O)cc2)c1. The van der Waals surface area contributed by atoms with Crippen LogP contribution in [0.2, 0.25) is 0 Å². The van der Waals surface area contributed by atoms with Crippen molar-refractivity contribution in [1.82, 2.24) is 0 Å². The van der Waals surface area contributed by atoms with E-state index in [1.807, 2.05) is 0 Å². The van der Waals surface area contributed by atoms with Crippen molar-refractivity contribution in [3.63, 3.8) is 0 Å². The van der Waals surface area contributed by atoms with E-state index in [-0.39, 0.29) is 22.6 Å². The van der Waals surface area contributed by atoms with Gasteiger partial charge in [0.05, 0.1) is 28.1 Å². The maximum atomic E-state index is 12.5. The number of carbonyl (C=O) groups excluding carboxylic acids is 3. The molecule has 0 unspecified atom stereocenters. The molecule has 0 saturated carbocycles. The highest BCUT2D eigenvalue weighted by atomic mass is 16.4. The Labute approximate surface area is 170 Å². The largest absolute Gasteiger partial charge is 0.506 e. The third kappa shape index (κ3) is 3.16. The summed E-state index contributed by atoms with van der Waals surface area (Å²) in [6, 6.07) is 15.8. The van der Waals surface area contributed by atoms with Crippen LogP contribution < -0.4 is 10.2 Å². The molecular weight excluding hydrogens is 388 g/mol. The number of imide groups is 1. The Morgan fingerprint density at radius 2 is 1.37 bits per heavy atom. The molecule has 0 bridgehead atoms. The minimum Gasteiger partial charge on any atom is -0.506 e. The van der Waals surface area contributed by atoms with Crippen LogP contribution in [0.1, 0.15) is 41.4 Å². The number of benzene rings is 3. The van der Waals surface area contributed by atoms with Gasteiger partial charge < -0.3 is 15.5 Å². The standard InChI is InChI=1S/C22H14N2O6/c25-18-10-7-13(22(29)30)11-17(18)23-19(26)12-5-8-14(9-6-12)24-20(27)15-3-1-2-4-16(15)21(24)28/h1-11,25H,(H,23,26)(H,29,30). The molecule has 4 rings (SSSR count). The molecule has 1 aliphatic heterocycles. The van der Waals surface area contributed by atoms with E-state index in [4.69, 9.17) is 5.11 Å². The monoisotopic (exact) mass is 402 g/mol. The maximum absolute atomic E-state index is 12.5. The summed E-state index contributed by atoms with van der Waals surface area (Å²) < 4.78 is 0. The number of anilines is 2. The van der Waals surface area contributed by atoms with Crippen molar-refractivity contribution in [2.24, 2.45) is 0 Å². The second-order valence-electron chi connectivity index (χ2n) is 6.53. The molecule has 1 heterocycles. The van der Waals surface area contributed by atoms with Crippen LogP contribution in [0.3, 0.4) is 0 Å². The summed E-state index contributed by atoms with van der Waals surface area (Å²) in [6.07, 6.45) is 0. The summed E-state index contributed by atoms with van der Waals surface area (Å²) in [5.74, 6) is -2.96. The van der Waals surface area contributed by atoms with Gasteiger partial charge in [-0.15, -0.1) is 0 Å². The summed E-state index contributed by atoms with van der Waals surface area (Å²) in [6.45, 7) is 0. The van der Waals surface area contributed by atoms with Gasteiger partial charge in [-0.25, -0.2) is 9.69 Å². The van der Waals surface area contributed by atoms with Gasteiger partial charge in [0, 0.05) is 5.56 Å². The number of carboxylic acid groups (broad SMARTS) is 1. The molecule has 148 valence electrons. The molecule has 0 saturated heterocycles. The first kappa shape index (κ1) is 18.9. The van der Waals surface area contributed by atoms with Crippen LogP contribution in [0.25, 0.3) is 0 Å². The van der Waals surface area contributed by atoms with Gasteiger partial charge in [0.1, 0.15) is 5.75 Å². The van der Waals surface area contributed by atoms with Crippen molar-refractivity contribution < 1.29 is 29.4 Å².